The Balaban J connectivity index is 1.92. The van der Waals surface area contributed by atoms with Crippen molar-refractivity contribution in [3.05, 3.63) is 40.3 Å². The van der Waals surface area contributed by atoms with Gasteiger partial charge in [0.1, 0.15) is 5.75 Å². The normalized spacial score (nSPS) is 10.1. The van der Waals surface area contributed by atoms with Crippen LogP contribution in [-0.2, 0) is 6.42 Å². The number of hydrogen-bond acceptors (Lipinski definition) is 5. The van der Waals surface area contributed by atoms with Crippen LogP contribution in [-0.4, -0.2) is 33.7 Å². The average Bonchev–Trinajstić information content (AvgIpc) is 2.94. The summed E-state index contributed by atoms with van der Waals surface area (Å²) in [6.45, 7) is 0.385. The quantitative estimate of drug-likeness (QED) is 0.630. The largest absolute Gasteiger partial charge is 0.508 e. The highest BCUT2D eigenvalue weighted by atomic mass is 32.1. The first-order chi connectivity index (χ1) is 10.1. The molecule has 0 spiro atoms. The molecule has 1 aromatic heterocycles. The summed E-state index contributed by atoms with van der Waals surface area (Å²) in [6, 6.07) is 3.20. The van der Waals surface area contributed by atoms with Crippen molar-refractivity contribution in [3.63, 3.8) is 0 Å². The summed E-state index contributed by atoms with van der Waals surface area (Å²) in [5.41, 5.74) is 2.54. The highest BCUT2D eigenvalue weighted by Gasteiger charge is 2.13. The predicted molar refractivity (Wildman–Crippen MR) is 77.9 cm³/mol. The Morgan fingerprint density at radius 3 is 2.81 bits per heavy atom. The summed E-state index contributed by atoms with van der Waals surface area (Å²) < 4.78 is 0. The molecule has 2 aromatic rings. The van der Waals surface area contributed by atoms with Crippen LogP contribution in [0.15, 0.2) is 29.1 Å². The molecule has 0 saturated carbocycles. The molecular formula is C13H13N3O4S. The third-order valence-corrected chi connectivity index (χ3v) is 3.27. The molecule has 0 saturated heterocycles. The molecular weight excluding hydrogens is 294 g/mol. The Labute approximate surface area is 124 Å². The Kier molecular flexibility index (Phi) is 4.72. The number of rotatable bonds is 5. The summed E-state index contributed by atoms with van der Waals surface area (Å²) in [6.07, 6.45) is 0.596. The molecule has 1 aromatic carbocycles. The summed E-state index contributed by atoms with van der Waals surface area (Å²) >= 11 is 1.48. The number of hydrogen-bond donors (Lipinski definition) is 4. The van der Waals surface area contributed by atoms with Crippen LogP contribution in [0, 0.1) is 0 Å². The van der Waals surface area contributed by atoms with Gasteiger partial charge in [-0.05, 0) is 18.2 Å². The fourth-order valence-corrected chi connectivity index (χ4v) is 2.24. The number of benzene rings is 1. The van der Waals surface area contributed by atoms with Gasteiger partial charge in [0, 0.05) is 18.3 Å². The fraction of sp³-hybridized carbons (Fsp3) is 0.154. The smallest absolute Gasteiger partial charge is 0.337 e. The van der Waals surface area contributed by atoms with Gasteiger partial charge in [0.05, 0.1) is 22.5 Å². The standard InChI is InChI=1S/C13H13N3O4S/c17-9-1-2-11(10(5-9)12(18)19)16-13(20)14-4-3-8-6-21-7-15-8/h1-2,5-7,17H,3-4H2,(H,18,19)(H2,14,16,20). The van der Waals surface area contributed by atoms with Gasteiger partial charge in [0.2, 0.25) is 0 Å². The number of nitrogens with one attached hydrogen (secondary N) is 2. The Hall–Kier alpha value is -2.61. The number of nitrogens with zero attached hydrogens (tertiary/aromatic N) is 1. The number of carboxylic acid groups (broad SMARTS) is 1. The van der Waals surface area contributed by atoms with E-state index in [1.165, 1.54) is 23.5 Å². The number of aromatic hydroxyl groups is 1. The van der Waals surface area contributed by atoms with Crippen molar-refractivity contribution in [2.24, 2.45) is 0 Å². The van der Waals surface area contributed by atoms with Crippen LogP contribution in [0.1, 0.15) is 16.1 Å². The van der Waals surface area contributed by atoms with Gasteiger partial charge in [-0.25, -0.2) is 14.6 Å². The summed E-state index contributed by atoms with van der Waals surface area (Å²) in [4.78, 5) is 26.8. The van der Waals surface area contributed by atoms with E-state index in [0.717, 1.165) is 11.8 Å². The highest BCUT2D eigenvalue weighted by Crippen LogP contribution is 2.21. The van der Waals surface area contributed by atoms with Crippen molar-refractivity contribution in [2.45, 2.75) is 6.42 Å². The van der Waals surface area contributed by atoms with Crippen molar-refractivity contribution in [3.8, 4) is 5.75 Å². The number of urea groups is 1. The average molecular weight is 307 g/mol. The summed E-state index contributed by atoms with van der Waals surface area (Å²) in [5, 5.41) is 25.2. The third kappa shape index (κ3) is 4.18. The van der Waals surface area contributed by atoms with E-state index < -0.39 is 12.0 Å². The molecule has 0 unspecified atom stereocenters. The van der Waals surface area contributed by atoms with Crippen LogP contribution >= 0.6 is 11.3 Å². The number of phenols is 1. The van der Waals surface area contributed by atoms with Crippen LogP contribution in [0.5, 0.6) is 5.75 Å². The van der Waals surface area contributed by atoms with Gasteiger partial charge in [-0.15, -0.1) is 11.3 Å². The maximum absolute atomic E-state index is 11.7. The number of carbonyl (C=O) groups is 2. The number of phenolic OH excluding ortho intramolecular Hbond substituents is 1. The summed E-state index contributed by atoms with van der Waals surface area (Å²) in [7, 11) is 0. The zero-order chi connectivity index (χ0) is 15.2. The van der Waals surface area contributed by atoms with Gasteiger partial charge in [0.15, 0.2) is 0 Å². The SMILES string of the molecule is O=C(NCCc1cscn1)Nc1ccc(O)cc1C(=O)O. The Morgan fingerprint density at radius 2 is 2.14 bits per heavy atom. The molecule has 21 heavy (non-hydrogen) atoms. The first-order valence-corrected chi connectivity index (χ1v) is 6.99. The molecule has 8 heteroatoms. The zero-order valence-electron chi connectivity index (χ0n) is 10.9. The van der Waals surface area contributed by atoms with E-state index in [0.29, 0.717) is 13.0 Å². The second-order valence-electron chi connectivity index (χ2n) is 4.15. The zero-order valence-corrected chi connectivity index (χ0v) is 11.7. The lowest BCUT2D eigenvalue weighted by molar-refractivity contribution is 0.0697. The van der Waals surface area contributed by atoms with Crippen molar-refractivity contribution in [1.29, 1.82) is 0 Å². The van der Waals surface area contributed by atoms with E-state index in [4.69, 9.17) is 5.11 Å². The summed E-state index contributed by atoms with van der Waals surface area (Å²) in [5.74, 6) is -1.41. The molecule has 0 bridgehead atoms. The number of aromatic nitrogens is 1. The first kappa shape index (κ1) is 14.8. The van der Waals surface area contributed by atoms with Gasteiger partial charge in [-0.3, -0.25) is 0 Å². The van der Waals surface area contributed by atoms with E-state index in [9.17, 15) is 14.7 Å². The highest BCUT2D eigenvalue weighted by molar-refractivity contribution is 7.07. The molecule has 0 fully saturated rings. The number of anilines is 1. The first-order valence-electron chi connectivity index (χ1n) is 6.04. The topological polar surface area (TPSA) is 112 Å². The molecule has 2 rings (SSSR count). The molecule has 0 aliphatic rings. The lowest BCUT2D eigenvalue weighted by Gasteiger charge is -2.09. The van der Waals surface area contributed by atoms with Crippen LogP contribution in [0.2, 0.25) is 0 Å². The van der Waals surface area contributed by atoms with Crippen LogP contribution < -0.4 is 10.6 Å². The lowest BCUT2D eigenvalue weighted by atomic mass is 10.1. The molecule has 110 valence electrons. The molecule has 0 aliphatic carbocycles. The Morgan fingerprint density at radius 1 is 1.33 bits per heavy atom. The molecule has 0 atom stereocenters. The van der Waals surface area contributed by atoms with E-state index >= 15 is 0 Å². The van der Waals surface area contributed by atoms with Gasteiger partial charge in [0.25, 0.3) is 0 Å². The second-order valence-corrected chi connectivity index (χ2v) is 4.86. The Bertz CT molecular complexity index is 643. The fourth-order valence-electron chi connectivity index (χ4n) is 1.65. The molecule has 4 N–H and O–H groups in total. The van der Waals surface area contributed by atoms with E-state index in [-0.39, 0.29) is 17.0 Å². The molecule has 0 aliphatic heterocycles. The van der Waals surface area contributed by atoms with Gasteiger partial charge >= 0.3 is 12.0 Å². The monoisotopic (exact) mass is 307 g/mol. The molecule has 0 radical (unpaired) electrons. The van der Waals surface area contributed by atoms with Gasteiger partial charge < -0.3 is 20.8 Å². The number of carbonyl (C=O) groups excluding carboxylic acids is 1. The maximum atomic E-state index is 11.7. The van der Waals surface area contributed by atoms with E-state index in [1.54, 1.807) is 5.51 Å². The molecule has 2 amide bonds. The van der Waals surface area contributed by atoms with Crippen LogP contribution in [0.4, 0.5) is 10.5 Å². The molecule has 1 heterocycles. The minimum Gasteiger partial charge on any atom is -0.508 e. The van der Waals surface area contributed by atoms with Crippen molar-refractivity contribution in [2.75, 3.05) is 11.9 Å². The van der Waals surface area contributed by atoms with E-state index in [2.05, 4.69) is 15.6 Å². The van der Waals surface area contributed by atoms with Crippen LogP contribution in [0.3, 0.4) is 0 Å². The predicted octanol–water partition coefficient (Wildman–Crippen LogP) is 1.91. The van der Waals surface area contributed by atoms with Crippen molar-refractivity contribution >= 4 is 29.0 Å². The van der Waals surface area contributed by atoms with Crippen molar-refractivity contribution < 1.29 is 19.8 Å². The number of thiazole rings is 1. The van der Waals surface area contributed by atoms with Crippen molar-refractivity contribution in [1.82, 2.24) is 10.3 Å². The molecule has 7 nitrogen and oxygen atoms in total. The van der Waals surface area contributed by atoms with E-state index in [1.807, 2.05) is 5.38 Å². The second kappa shape index (κ2) is 6.71. The van der Waals surface area contributed by atoms with Crippen LogP contribution in [0.25, 0.3) is 0 Å². The number of carboxylic acids is 1. The minimum absolute atomic E-state index is 0.117. The number of amides is 2. The van der Waals surface area contributed by atoms with Gasteiger partial charge in [-0.1, -0.05) is 0 Å². The van der Waals surface area contributed by atoms with Gasteiger partial charge in [-0.2, -0.15) is 0 Å². The third-order valence-electron chi connectivity index (χ3n) is 2.63. The number of aromatic carboxylic acids is 1. The maximum Gasteiger partial charge on any atom is 0.337 e. The minimum atomic E-state index is -1.23. The lowest BCUT2D eigenvalue weighted by Crippen LogP contribution is -2.31.